The standard InChI is InChI=1S/C25H27N3O3/c1-17-23(31-16-18-8-4-2-5-9-18)22(28-25(30)26-17)24(29)27-21-14-12-20(13-15-21)19-10-6-3-7-11-19/h2-11,20-21H,1,12-16H2,(H,27,29)(H2,26,28,30). The number of rotatable bonds is 6. The molecule has 1 fully saturated rings. The van der Waals surface area contributed by atoms with E-state index in [1.54, 1.807) is 0 Å². The van der Waals surface area contributed by atoms with Crippen LogP contribution in [0.3, 0.4) is 0 Å². The molecule has 4 rings (SSSR count). The average Bonchev–Trinajstić information content (AvgIpc) is 2.80. The summed E-state index contributed by atoms with van der Waals surface area (Å²) in [5.41, 5.74) is 2.69. The van der Waals surface area contributed by atoms with E-state index < -0.39 is 6.03 Å². The maximum Gasteiger partial charge on any atom is 0.324 e. The van der Waals surface area contributed by atoms with Crippen molar-refractivity contribution in [3.8, 4) is 0 Å². The molecule has 0 spiro atoms. The minimum absolute atomic E-state index is 0.0652. The molecular weight excluding hydrogens is 390 g/mol. The van der Waals surface area contributed by atoms with Gasteiger partial charge in [-0.25, -0.2) is 4.79 Å². The number of ether oxygens (including phenoxy) is 1. The summed E-state index contributed by atoms with van der Waals surface area (Å²) < 4.78 is 5.87. The van der Waals surface area contributed by atoms with E-state index in [-0.39, 0.29) is 35.7 Å². The molecule has 1 saturated carbocycles. The maximum atomic E-state index is 13.0. The number of carbonyl (C=O) groups is 2. The van der Waals surface area contributed by atoms with Crippen molar-refractivity contribution in [2.75, 3.05) is 0 Å². The largest absolute Gasteiger partial charge is 0.484 e. The van der Waals surface area contributed by atoms with Crippen LogP contribution in [0.4, 0.5) is 4.79 Å². The minimum Gasteiger partial charge on any atom is -0.484 e. The predicted molar refractivity (Wildman–Crippen MR) is 119 cm³/mol. The van der Waals surface area contributed by atoms with Gasteiger partial charge in [0.2, 0.25) is 0 Å². The topological polar surface area (TPSA) is 79.5 Å². The second-order valence-electron chi connectivity index (χ2n) is 7.97. The van der Waals surface area contributed by atoms with Crippen LogP contribution in [-0.4, -0.2) is 18.0 Å². The van der Waals surface area contributed by atoms with E-state index in [0.717, 1.165) is 31.2 Å². The van der Waals surface area contributed by atoms with E-state index in [1.165, 1.54) is 5.56 Å². The third-order valence-corrected chi connectivity index (χ3v) is 5.79. The van der Waals surface area contributed by atoms with Crippen molar-refractivity contribution in [2.24, 2.45) is 0 Å². The van der Waals surface area contributed by atoms with Crippen molar-refractivity contribution in [3.63, 3.8) is 0 Å². The van der Waals surface area contributed by atoms with Crippen molar-refractivity contribution in [1.82, 2.24) is 16.0 Å². The number of urea groups is 1. The van der Waals surface area contributed by atoms with Crippen LogP contribution in [0.1, 0.15) is 42.7 Å². The molecule has 0 unspecified atom stereocenters. The van der Waals surface area contributed by atoms with Gasteiger partial charge in [0.05, 0.1) is 5.70 Å². The van der Waals surface area contributed by atoms with Gasteiger partial charge in [0.25, 0.3) is 5.91 Å². The summed E-state index contributed by atoms with van der Waals surface area (Å²) in [7, 11) is 0. The summed E-state index contributed by atoms with van der Waals surface area (Å²) in [6.45, 7) is 4.12. The van der Waals surface area contributed by atoms with E-state index in [0.29, 0.717) is 5.92 Å². The number of amides is 3. The Morgan fingerprint density at radius 1 is 0.968 bits per heavy atom. The van der Waals surface area contributed by atoms with Gasteiger partial charge in [-0.2, -0.15) is 0 Å². The van der Waals surface area contributed by atoms with Gasteiger partial charge >= 0.3 is 6.03 Å². The average molecular weight is 418 g/mol. The smallest absolute Gasteiger partial charge is 0.324 e. The fourth-order valence-electron chi connectivity index (χ4n) is 4.15. The van der Waals surface area contributed by atoms with Gasteiger partial charge < -0.3 is 15.4 Å². The van der Waals surface area contributed by atoms with Gasteiger partial charge in [-0.1, -0.05) is 67.2 Å². The Balaban J connectivity index is 1.41. The van der Waals surface area contributed by atoms with Gasteiger partial charge in [-0.3, -0.25) is 10.1 Å². The maximum absolute atomic E-state index is 13.0. The molecular formula is C25H27N3O3. The van der Waals surface area contributed by atoms with Crippen molar-refractivity contribution >= 4 is 11.9 Å². The monoisotopic (exact) mass is 417 g/mol. The molecule has 2 aromatic carbocycles. The van der Waals surface area contributed by atoms with Crippen LogP contribution in [0.15, 0.2) is 84.4 Å². The van der Waals surface area contributed by atoms with E-state index in [1.807, 2.05) is 36.4 Å². The molecule has 0 atom stereocenters. The summed E-state index contributed by atoms with van der Waals surface area (Å²) in [5.74, 6) is 0.442. The Morgan fingerprint density at radius 2 is 1.61 bits per heavy atom. The molecule has 160 valence electrons. The Morgan fingerprint density at radius 3 is 2.29 bits per heavy atom. The Hall–Kier alpha value is -3.54. The number of carbonyl (C=O) groups excluding carboxylic acids is 2. The van der Waals surface area contributed by atoms with Crippen LogP contribution >= 0.6 is 0 Å². The minimum atomic E-state index is -0.491. The van der Waals surface area contributed by atoms with Crippen LogP contribution in [-0.2, 0) is 16.1 Å². The molecule has 31 heavy (non-hydrogen) atoms. The summed E-state index contributed by atoms with van der Waals surface area (Å²) in [6, 6.07) is 19.7. The second-order valence-corrected chi connectivity index (χ2v) is 7.97. The molecule has 2 aliphatic rings. The van der Waals surface area contributed by atoms with E-state index in [2.05, 4.69) is 46.8 Å². The fourth-order valence-corrected chi connectivity index (χ4v) is 4.15. The van der Waals surface area contributed by atoms with Crippen molar-refractivity contribution in [2.45, 2.75) is 44.2 Å². The fraction of sp³-hybridized carbons (Fsp3) is 0.280. The van der Waals surface area contributed by atoms with E-state index in [4.69, 9.17) is 4.74 Å². The first-order chi connectivity index (χ1) is 15.1. The lowest BCUT2D eigenvalue weighted by molar-refractivity contribution is -0.119. The summed E-state index contributed by atoms with van der Waals surface area (Å²) in [6.07, 6.45) is 3.83. The highest BCUT2D eigenvalue weighted by Crippen LogP contribution is 2.32. The summed E-state index contributed by atoms with van der Waals surface area (Å²) in [5, 5.41) is 8.23. The highest BCUT2D eigenvalue weighted by Gasteiger charge is 2.30. The zero-order valence-corrected chi connectivity index (χ0v) is 17.4. The SMILES string of the molecule is C=C1NC(=O)NC(C(=O)NC2CCC(c3ccccc3)CC2)=C1OCc1ccccc1. The molecule has 6 nitrogen and oxygen atoms in total. The Labute approximate surface area is 182 Å². The number of hydrogen-bond acceptors (Lipinski definition) is 3. The molecule has 0 saturated heterocycles. The molecule has 6 heteroatoms. The Bertz CT molecular complexity index is 978. The zero-order chi connectivity index (χ0) is 21.6. The lowest BCUT2D eigenvalue weighted by Gasteiger charge is -2.30. The third-order valence-electron chi connectivity index (χ3n) is 5.79. The highest BCUT2D eigenvalue weighted by molar-refractivity contribution is 6.00. The number of nitrogens with one attached hydrogen (secondary N) is 3. The molecule has 0 radical (unpaired) electrons. The molecule has 2 aromatic rings. The van der Waals surface area contributed by atoms with E-state index in [9.17, 15) is 9.59 Å². The van der Waals surface area contributed by atoms with Gasteiger partial charge in [-0.05, 0) is 42.7 Å². The first kappa shape index (κ1) is 20.7. The van der Waals surface area contributed by atoms with Crippen molar-refractivity contribution in [1.29, 1.82) is 0 Å². The first-order valence-corrected chi connectivity index (χ1v) is 10.6. The number of benzene rings is 2. The van der Waals surface area contributed by atoms with Gasteiger partial charge in [-0.15, -0.1) is 0 Å². The predicted octanol–water partition coefficient (Wildman–Crippen LogP) is 4.08. The van der Waals surface area contributed by atoms with Crippen LogP contribution in [0.5, 0.6) is 0 Å². The summed E-state index contributed by atoms with van der Waals surface area (Å²) >= 11 is 0. The van der Waals surface area contributed by atoms with Gasteiger partial charge in [0.15, 0.2) is 11.5 Å². The molecule has 0 bridgehead atoms. The first-order valence-electron chi connectivity index (χ1n) is 10.6. The van der Waals surface area contributed by atoms with Crippen molar-refractivity contribution in [3.05, 3.63) is 95.5 Å². The van der Waals surface area contributed by atoms with Crippen molar-refractivity contribution < 1.29 is 14.3 Å². The van der Waals surface area contributed by atoms with E-state index >= 15 is 0 Å². The van der Waals surface area contributed by atoms with Crippen LogP contribution in [0, 0.1) is 0 Å². The van der Waals surface area contributed by atoms with Gasteiger partial charge in [0, 0.05) is 6.04 Å². The van der Waals surface area contributed by atoms with Gasteiger partial charge in [0.1, 0.15) is 6.61 Å². The van der Waals surface area contributed by atoms with Crippen LogP contribution in [0.2, 0.25) is 0 Å². The lowest BCUT2D eigenvalue weighted by atomic mass is 9.82. The molecule has 1 heterocycles. The molecule has 1 aliphatic carbocycles. The molecule has 3 N–H and O–H groups in total. The molecule has 0 aromatic heterocycles. The normalized spacial score (nSPS) is 21.2. The lowest BCUT2D eigenvalue weighted by Crippen LogP contribution is -2.48. The Kier molecular flexibility index (Phi) is 6.36. The second kappa shape index (κ2) is 9.51. The third kappa shape index (κ3) is 5.15. The quantitative estimate of drug-likeness (QED) is 0.663. The van der Waals surface area contributed by atoms with Crippen LogP contribution in [0.25, 0.3) is 0 Å². The molecule has 3 amide bonds. The zero-order valence-electron chi connectivity index (χ0n) is 17.4. The van der Waals surface area contributed by atoms with Crippen LogP contribution < -0.4 is 16.0 Å². The molecule has 1 aliphatic heterocycles. The highest BCUT2D eigenvalue weighted by atomic mass is 16.5. The summed E-state index contributed by atoms with van der Waals surface area (Å²) in [4.78, 5) is 24.9. The number of hydrogen-bond donors (Lipinski definition) is 3.